The molecule has 0 amide bonds. The van der Waals surface area contributed by atoms with E-state index in [1.165, 1.54) is 6.07 Å². The number of carboxylic acid groups (broad SMARTS) is 1. The summed E-state index contributed by atoms with van der Waals surface area (Å²) in [5.74, 6) is -2.33. The van der Waals surface area contributed by atoms with Crippen LogP contribution in [-0.4, -0.2) is 16.0 Å². The van der Waals surface area contributed by atoms with E-state index in [1.807, 2.05) is 0 Å². The summed E-state index contributed by atoms with van der Waals surface area (Å²) in [4.78, 5) is 20.8. The summed E-state index contributed by atoms with van der Waals surface area (Å²) in [7, 11) is 0. The lowest BCUT2D eigenvalue weighted by atomic mass is 10.0. The molecule has 6 heteroatoms. The van der Waals surface area contributed by atoms with Crippen LogP contribution in [0, 0.1) is 15.9 Å². The van der Waals surface area contributed by atoms with Gasteiger partial charge in [0.1, 0.15) is 5.82 Å². The van der Waals surface area contributed by atoms with Crippen molar-refractivity contribution in [1.82, 2.24) is 0 Å². The van der Waals surface area contributed by atoms with Crippen LogP contribution in [0.4, 0.5) is 4.39 Å². The molecule has 0 aliphatic rings. The van der Waals surface area contributed by atoms with Gasteiger partial charge >= 0.3 is 5.97 Å². The SMILES string of the molecule is CCC(c1ccc(F)c(C(=O)O)c1)[N+](=O)[O-]. The zero-order valence-electron chi connectivity index (χ0n) is 8.51. The molecule has 1 N–H and O–H groups in total. The van der Waals surface area contributed by atoms with E-state index in [9.17, 15) is 19.3 Å². The van der Waals surface area contributed by atoms with Crippen molar-refractivity contribution in [3.63, 3.8) is 0 Å². The number of carboxylic acids is 1. The monoisotopic (exact) mass is 227 g/mol. The van der Waals surface area contributed by atoms with E-state index in [0.29, 0.717) is 0 Å². The van der Waals surface area contributed by atoms with Crippen LogP contribution in [0.15, 0.2) is 18.2 Å². The fraction of sp³-hybridized carbons (Fsp3) is 0.300. The fourth-order valence-electron chi connectivity index (χ4n) is 1.42. The minimum atomic E-state index is -1.43. The topological polar surface area (TPSA) is 80.4 Å². The summed E-state index contributed by atoms with van der Waals surface area (Å²) in [6, 6.07) is 2.18. The molecule has 0 spiro atoms. The molecule has 86 valence electrons. The summed E-state index contributed by atoms with van der Waals surface area (Å²) in [5, 5.41) is 19.3. The molecule has 1 aromatic rings. The molecule has 0 saturated heterocycles. The van der Waals surface area contributed by atoms with Crippen molar-refractivity contribution >= 4 is 5.97 Å². The van der Waals surface area contributed by atoms with Gasteiger partial charge in [0.05, 0.1) is 5.56 Å². The molecule has 0 aliphatic carbocycles. The predicted molar refractivity (Wildman–Crippen MR) is 53.4 cm³/mol. The van der Waals surface area contributed by atoms with Crippen LogP contribution in [-0.2, 0) is 0 Å². The molecule has 0 saturated carbocycles. The van der Waals surface area contributed by atoms with Crippen LogP contribution in [0.25, 0.3) is 0 Å². The molecule has 0 radical (unpaired) electrons. The number of benzene rings is 1. The van der Waals surface area contributed by atoms with Crippen molar-refractivity contribution in [1.29, 1.82) is 0 Å². The molecule has 16 heavy (non-hydrogen) atoms. The first-order valence-electron chi connectivity index (χ1n) is 4.63. The lowest BCUT2D eigenvalue weighted by Crippen LogP contribution is -2.11. The number of hydrogen-bond acceptors (Lipinski definition) is 3. The number of hydrogen-bond donors (Lipinski definition) is 1. The Morgan fingerprint density at radius 2 is 2.25 bits per heavy atom. The second kappa shape index (κ2) is 4.69. The lowest BCUT2D eigenvalue weighted by molar-refractivity contribution is -0.529. The summed E-state index contributed by atoms with van der Waals surface area (Å²) in [5.41, 5.74) is -0.343. The van der Waals surface area contributed by atoms with E-state index in [-0.39, 0.29) is 12.0 Å². The molecular formula is C10H10FNO4. The van der Waals surface area contributed by atoms with Crippen LogP contribution in [0.3, 0.4) is 0 Å². The molecule has 0 aliphatic heterocycles. The highest BCUT2D eigenvalue weighted by molar-refractivity contribution is 5.88. The summed E-state index contributed by atoms with van der Waals surface area (Å²) < 4.78 is 13.0. The maximum Gasteiger partial charge on any atom is 0.338 e. The highest BCUT2D eigenvalue weighted by Gasteiger charge is 2.22. The van der Waals surface area contributed by atoms with Gasteiger partial charge in [-0.3, -0.25) is 10.1 Å². The smallest absolute Gasteiger partial charge is 0.338 e. The first kappa shape index (κ1) is 12.1. The molecule has 0 heterocycles. The average molecular weight is 227 g/mol. The third-order valence-corrected chi connectivity index (χ3v) is 2.25. The maximum atomic E-state index is 13.0. The van der Waals surface area contributed by atoms with Gasteiger partial charge in [-0.1, -0.05) is 6.92 Å². The third kappa shape index (κ3) is 2.33. The second-order valence-electron chi connectivity index (χ2n) is 3.25. The van der Waals surface area contributed by atoms with Crippen molar-refractivity contribution in [2.45, 2.75) is 19.4 Å². The average Bonchev–Trinajstić information content (AvgIpc) is 2.20. The highest BCUT2D eigenvalue weighted by Crippen LogP contribution is 2.22. The van der Waals surface area contributed by atoms with Crippen molar-refractivity contribution < 1.29 is 19.2 Å². The Labute approximate surface area is 90.7 Å². The van der Waals surface area contributed by atoms with E-state index < -0.39 is 28.3 Å². The molecule has 1 aromatic carbocycles. The Balaban J connectivity index is 3.21. The van der Waals surface area contributed by atoms with E-state index >= 15 is 0 Å². The number of rotatable bonds is 4. The zero-order chi connectivity index (χ0) is 12.3. The Morgan fingerprint density at radius 1 is 1.62 bits per heavy atom. The fourth-order valence-corrected chi connectivity index (χ4v) is 1.42. The minimum absolute atomic E-state index is 0.200. The third-order valence-electron chi connectivity index (χ3n) is 2.25. The Hall–Kier alpha value is -1.98. The summed E-state index contributed by atoms with van der Waals surface area (Å²) in [6.07, 6.45) is 0.220. The van der Waals surface area contributed by atoms with Crippen molar-refractivity contribution in [3.05, 3.63) is 45.3 Å². The number of halogens is 1. The number of nitro groups is 1. The molecule has 1 unspecified atom stereocenters. The van der Waals surface area contributed by atoms with Crippen molar-refractivity contribution in [2.75, 3.05) is 0 Å². The Kier molecular flexibility index (Phi) is 3.55. The van der Waals surface area contributed by atoms with Gasteiger partial charge in [0.25, 0.3) is 0 Å². The van der Waals surface area contributed by atoms with Gasteiger partial charge in [0.15, 0.2) is 0 Å². The maximum absolute atomic E-state index is 13.0. The molecular weight excluding hydrogens is 217 g/mol. The first-order valence-corrected chi connectivity index (χ1v) is 4.63. The quantitative estimate of drug-likeness (QED) is 0.631. The van der Waals surface area contributed by atoms with Gasteiger partial charge in [-0.25, -0.2) is 9.18 Å². The van der Waals surface area contributed by atoms with Gasteiger partial charge in [0, 0.05) is 16.9 Å². The normalized spacial score (nSPS) is 12.1. The van der Waals surface area contributed by atoms with Gasteiger partial charge in [0.2, 0.25) is 6.04 Å². The Bertz CT molecular complexity index is 433. The predicted octanol–water partition coefficient (Wildman–Crippen LogP) is 2.25. The minimum Gasteiger partial charge on any atom is -0.478 e. The summed E-state index contributed by atoms with van der Waals surface area (Å²) >= 11 is 0. The van der Waals surface area contributed by atoms with Crippen LogP contribution in [0.2, 0.25) is 0 Å². The Morgan fingerprint density at radius 3 is 2.69 bits per heavy atom. The standard InChI is InChI=1S/C10H10FNO4/c1-2-9(12(15)16)6-3-4-8(11)7(5-6)10(13)14/h3-5,9H,2H2,1H3,(H,13,14). The van der Waals surface area contributed by atoms with Crippen molar-refractivity contribution in [2.24, 2.45) is 0 Å². The second-order valence-corrected chi connectivity index (χ2v) is 3.25. The molecule has 0 fully saturated rings. The molecule has 0 aromatic heterocycles. The van der Waals surface area contributed by atoms with Crippen LogP contribution in [0.1, 0.15) is 35.3 Å². The summed E-state index contributed by atoms with van der Waals surface area (Å²) in [6.45, 7) is 1.61. The van der Waals surface area contributed by atoms with Gasteiger partial charge < -0.3 is 5.11 Å². The van der Waals surface area contributed by atoms with Crippen LogP contribution < -0.4 is 0 Å². The largest absolute Gasteiger partial charge is 0.478 e. The molecule has 1 atom stereocenters. The number of carbonyl (C=O) groups is 1. The number of nitrogens with zero attached hydrogens (tertiary/aromatic N) is 1. The van der Waals surface area contributed by atoms with Crippen LogP contribution in [0.5, 0.6) is 0 Å². The van der Waals surface area contributed by atoms with Gasteiger partial charge in [-0.05, 0) is 18.2 Å². The van der Waals surface area contributed by atoms with E-state index in [1.54, 1.807) is 6.92 Å². The van der Waals surface area contributed by atoms with Gasteiger partial charge in [-0.2, -0.15) is 0 Å². The van der Waals surface area contributed by atoms with Crippen molar-refractivity contribution in [3.8, 4) is 0 Å². The van der Waals surface area contributed by atoms with E-state index in [2.05, 4.69) is 0 Å². The lowest BCUT2D eigenvalue weighted by Gasteiger charge is -2.08. The number of aromatic carboxylic acids is 1. The van der Waals surface area contributed by atoms with E-state index in [4.69, 9.17) is 5.11 Å². The molecule has 1 rings (SSSR count). The zero-order valence-corrected chi connectivity index (χ0v) is 8.51. The van der Waals surface area contributed by atoms with Crippen LogP contribution >= 0.6 is 0 Å². The van der Waals surface area contributed by atoms with Gasteiger partial charge in [-0.15, -0.1) is 0 Å². The first-order chi connectivity index (χ1) is 7.47. The van der Waals surface area contributed by atoms with E-state index in [0.717, 1.165) is 12.1 Å². The highest BCUT2D eigenvalue weighted by atomic mass is 19.1. The molecule has 0 bridgehead atoms. The molecule has 5 nitrogen and oxygen atoms in total.